The SMILES string of the molecule is c1ccc(N(c2ccccc2)c2ccc(-c3ccc(-c4ccc(-c5cccs5)c5ccccc45)s3)c3ccccc23)cc1. The Morgan fingerprint density at radius 2 is 0.814 bits per heavy atom. The molecule has 0 saturated heterocycles. The van der Waals surface area contributed by atoms with E-state index in [2.05, 4.69) is 168 Å². The van der Waals surface area contributed by atoms with Gasteiger partial charge >= 0.3 is 0 Å². The number of hydrogen-bond acceptors (Lipinski definition) is 3. The lowest BCUT2D eigenvalue weighted by Crippen LogP contribution is -2.10. The van der Waals surface area contributed by atoms with Gasteiger partial charge in [0.15, 0.2) is 0 Å². The van der Waals surface area contributed by atoms with Gasteiger partial charge in [-0.25, -0.2) is 0 Å². The molecule has 3 heteroatoms. The third-order valence-electron chi connectivity index (χ3n) is 8.02. The summed E-state index contributed by atoms with van der Waals surface area (Å²) in [5, 5.41) is 7.23. The third-order valence-corrected chi connectivity index (χ3v) is 10.1. The number of para-hydroxylation sites is 2. The summed E-state index contributed by atoms with van der Waals surface area (Å²) in [7, 11) is 0. The lowest BCUT2D eigenvalue weighted by molar-refractivity contribution is 1.30. The van der Waals surface area contributed by atoms with E-state index >= 15 is 0 Å². The molecule has 2 heterocycles. The van der Waals surface area contributed by atoms with E-state index in [1.807, 2.05) is 11.3 Å². The van der Waals surface area contributed by atoms with Crippen molar-refractivity contribution in [3.8, 4) is 31.3 Å². The Morgan fingerprint density at radius 3 is 1.35 bits per heavy atom. The first-order valence-corrected chi connectivity index (χ1v) is 16.1. The first-order chi connectivity index (χ1) is 21.3. The topological polar surface area (TPSA) is 3.24 Å². The maximum atomic E-state index is 2.35. The van der Waals surface area contributed by atoms with Crippen molar-refractivity contribution < 1.29 is 0 Å². The van der Waals surface area contributed by atoms with E-state index in [1.54, 1.807) is 11.3 Å². The third kappa shape index (κ3) is 4.64. The van der Waals surface area contributed by atoms with E-state index in [0.29, 0.717) is 0 Å². The minimum atomic E-state index is 1.14. The van der Waals surface area contributed by atoms with Crippen LogP contribution in [0.1, 0.15) is 0 Å². The van der Waals surface area contributed by atoms with E-state index in [0.717, 1.165) is 11.4 Å². The van der Waals surface area contributed by atoms with Crippen LogP contribution in [0, 0.1) is 0 Å². The lowest BCUT2D eigenvalue weighted by Gasteiger charge is -2.27. The molecule has 6 aromatic carbocycles. The zero-order valence-corrected chi connectivity index (χ0v) is 25.0. The Labute approximate surface area is 259 Å². The molecule has 204 valence electrons. The summed E-state index contributed by atoms with van der Waals surface area (Å²) in [5.41, 5.74) is 7.30. The van der Waals surface area contributed by atoms with Crippen molar-refractivity contribution in [3.63, 3.8) is 0 Å². The molecular formula is C40H27NS2. The van der Waals surface area contributed by atoms with Gasteiger partial charge in [0.2, 0.25) is 0 Å². The van der Waals surface area contributed by atoms with Crippen LogP contribution >= 0.6 is 22.7 Å². The fraction of sp³-hybridized carbons (Fsp3) is 0. The zero-order chi connectivity index (χ0) is 28.6. The molecular weight excluding hydrogens is 559 g/mol. The molecule has 8 aromatic rings. The second-order valence-electron chi connectivity index (χ2n) is 10.5. The number of fused-ring (bicyclic) bond motifs is 2. The zero-order valence-electron chi connectivity index (χ0n) is 23.4. The molecule has 0 amide bonds. The standard InChI is InChI=1S/C40H27NS2/c1-3-12-28(13-4-1)41(29-14-5-2-6-15-29)37-24-23-36(32-18-9-10-19-33(32)37)40-26-25-39(43-40)35-22-21-34(38-20-11-27-42-38)30-16-7-8-17-31(30)35/h1-27H. The van der Waals surface area contributed by atoms with Gasteiger partial charge in [-0.15, -0.1) is 22.7 Å². The van der Waals surface area contributed by atoms with Gasteiger partial charge < -0.3 is 4.90 Å². The lowest BCUT2D eigenvalue weighted by atomic mass is 9.97. The van der Waals surface area contributed by atoms with E-state index in [-0.39, 0.29) is 0 Å². The first kappa shape index (κ1) is 25.7. The van der Waals surface area contributed by atoms with Gasteiger partial charge in [-0.3, -0.25) is 0 Å². The molecule has 0 saturated carbocycles. The highest BCUT2D eigenvalue weighted by Gasteiger charge is 2.18. The first-order valence-electron chi connectivity index (χ1n) is 14.4. The molecule has 0 atom stereocenters. The van der Waals surface area contributed by atoms with Crippen molar-refractivity contribution in [2.75, 3.05) is 4.90 Å². The van der Waals surface area contributed by atoms with E-state index in [1.165, 1.54) is 58.6 Å². The van der Waals surface area contributed by atoms with Crippen LogP contribution in [0.3, 0.4) is 0 Å². The van der Waals surface area contributed by atoms with Crippen LogP contribution in [-0.2, 0) is 0 Å². The largest absolute Gasteiger partial charge is 0.310 e. The Morgan fingerprint density at radius 1 is 0.349 bits per heavy atom. The van der Waals surface area contributed by atoms with Crippen molar-refractivity contribution in [2.24, 2.45) is 0 Å². The number of thiophene rings is 2. The van der Waals surface area contributed by atoms with Gasteiger partial charge in [-0.1, -0.05) is 109 Å². The highest BCUT2D eigenvalue weighted by atomic mass is 32.1. The molecule has 0 aliphatic rings. The Kier molecular flexibility index (Phi) is 6.60. The summed E-state index contributed by atoms with van der Waals surface area (Å²) in [6, 6.07) is 56.9. The minimum Gasteiger partial charge on any atom is -0.310 e. The Hall–Kier alpha value is -4.96. The fourth-order valence-corrected chi connectivity index (χ4v) is 7.91. The van der Waals surface area contributed by atoms with Crippen molar-refractivity contribution in [2.45, 2.75) is 0 Å². The second kappa shape index (κ2) is 11.0. The smallest absolute Gasteiger partial charge is 0.0540 e. The number of benzene rings is 6. The maximum absolute atomic E-state index is 2.35. The van der Waals surface area contributed by atoms with Crippen molar-refractivity contribution >= 4 is 61.3 Å². The number of anilines is 3. The molecule has 0 spiro atoms. The van der Waals surface area contributed by atoms with Crippen LogP contribution < -0.4 is 4.90 Å². The normalized spacial score (nSPS) is 11.3. The molecule has 0 fully saturated rings. The summed E-state index contributed by atoms with van der Waals surface area (Å²) >= 11 is 3.66. The van der Waals surface area contributed by atoms with Gasteiger partial charge in [0.05, 0.1) is 5.69 Å². The predicted molar refractivity (Wildman–Crippen MR) is 188 cm³/mol. The van der Waals surface area contributed by atoms with Crippen LogP contribution in [0.15, 0.2) is 163 Å². The van der Waals surface area contributed by atoms with E-state index in [9.17, 15) is 0 Å². The van der Waals surface area contributed by atoms with Crippen LogP contribution in [0.2, 0.25) is 0 Å². The Balaban J connectivity index is 1.25. The summed E-state index contributed by atoms with van der Waals surface area (Å²) in [4.78, 5) is 6.22. The van der Waals surface area contributed by atoms with Crippen molar-refractivity contribution in [3.05, 3.63) is 163 Å². The van der Waals surface area contributed by atoms with Gasteiger partial charge in [-0.05, 0) is 86.8 Å². The summed E-state index contributed by atoms with van der Waals surface area (Å²) in [6.45, 7) is 0. The maximum Gasteiger partial charge on any atom is 0.0540 e. The van der Waals surface area contributed by atoms with E-state index < -0.39 is 0 Å². The van der Waals surface area contributed by atoms with Gasteiger partial charge in [-0.2, -0.15) is 0 Å². The van der Waals surface area contributed by atoms with E-state index in [4.69, 9.17) is 0 Å². The summed E-state index contributed by atoms with van der Waals surface area (Å²) < 4.78 is 0. The van der Waals surface area contributed by atoms with Crippen molar-refractivity contribution in [1.29, 1.82) is 0 Å². The average molecular weight is 586 g/mol. The summed E-state index contributed by atoms with van der Waals surface area (Å²) in [6.07, 6.45) is 0. The molecule has 8 rings (SSSR count). The van der Waals surface area contributed by atoms with Gasteiger partial charge in [0.1, 0.15) is 0 Å². The molecule has 0 N–H and O–H groups in total. The van der Waals surface area contributed by atoms with Crippen LogP contribution in [-0.4, -0.2) is 0 Å². The molecule has 0 unspecified atom stereocenters. The van der Waals surface area contributed by atoms with Crippen LogP contribution in [0.25, 0.3) is 52.9 Å². The summed E-state index contributed by atoms with van der Waals surface area (Å²) in [5.74, 6) is 0. The predicted octanol–water partition coefficient (Wildman–Crippen LogP) is 12.6. The number of hydrogen-bond donors (Lipinski definition) is 0. The highest BCUT2D eigenvalue weighted by molar-refractivity contribution is 7.19. The molecule has 0 bridgehead atoms. The number of nitrogens with zero attached hydrogens (tertiary/aromatic N) is 1. The molecule has 2 aromatic heterocycles. The van der Waals surface area contributed by atoms with Crippen molar-refractivity contribution in [1.82, 2.24) is 0 Å². The quantitative estimate of drug-likeness (QED) is 0.188. The second-order valence-corrected chi connectivity index (χ2v) is 12.6. The molecule has 0 radical (unpaired) electrons. The van der Waals surface area contributed by atoms with Crippen LogP contribution in [0.4, 0.5) is 17.1 Å². The van der Waals surface area contributed by atoms with Gasteiger partial charge in [0, 0.05) is 31.4 Å². The van der Waals surface area contributed by atoms with Gasteiger partial charge in [0.25, 0.3) is 0 Å². The molecule has 0 aliphatic carbocycles. The molecule has 0 aliphatic heterocycles. The highest BCUT2D eigenvalue weighted by Crippen LogP contribution is 2.45. The molecule has 43 heavy (non-hydrogen) atoms. The van der Waals surface area contributed by atoms with Crippen LogP contribution in [0.5, 0.6) is 0 Å². The minimum absolute atomic E-state index is 1.14. The average Bonchev–Trinajstić information content (AvgIpc) is 3.79. The Bertz CT molecular complexity index is 2140. The number of rotatable bonds is 6. The fourth-order valence-electron chi connectivity index (χ4n) is 6.06. The molecule has 1 nitrogen and oxygen atoms in total. The monoisotopic (exact) mass is 585 g/mol.